The summed E-state index contributed by atoms with van der Waals surface area (Å²) in [4.78, 5) is 28.0. The average molecular weight is 337 g/mol. The van der Waals surface area contributed by atoms with Crippen LogP contribution in [0.2, 0.25) is 0 Å². The van der Waals surface area contributed by atoms with Crippen LogP contribution < -0.4 is 10.2 Å². The summed E-state index contributed by atoms with van der Waals surface area (Å²) in [6.45, 7) is 1.88. The number of nitrogens with one attached hydrogen (secondary N) is 1. The number of hydrogen-bond donors (Lipinski definition) is 1. The summed E-state index contributed by atoms with van der Waals surface area (Å²) in [6, 6.07) is 9.32. The molecule has 0 unspecified atom stereocenters. The molecule has 0 spiro atoms. The molecule has 0 saturated carbocycles. The zero-order valence-electron chi connectivity index (χ0n) is 13.7. The number of aromatic nitrogens is 1. The Kier molecular flexibility index (Phi) is 3.46. The van der Waals surface area contributed by atoms with E-state index in [2.05, 4.69) is 4.98 Å². The number of ether oxygens (including phenoxy) is 2. The second kappa shape index (κ2) is 5.66. The molecule has 2 aromatic carbocycles. The molecule has 0 aliphatic rings. The van der Waals surface area contributed by atoms with Crippen molar-refractivity contribution < 1.29 is 18.7 Å². The number of esters is 1. The van der Waals surface area contributed by atoms with E-state index in [9.17, 15) is 9.59 Å². The lowest BCUT2D eigenvalue weighted by molar-refractivity contribution is 0.0524. The summed E-state index contributed by atoms with van der Waals surface area (Å²) in [5.74, 6) is -0.167. The molecule has 0 saturated heterocycles. The summed E-state index contributed by atoms with van der Waals surface area (Å²) in [6.07, 6.45) is 1.35. The Morgan fingerprint density at radius 1 is 1.24 bits per heavy atom. The van der Waals surface area contributed by atoms with E-state index >= 15 is 0 Å². The molecule has 6 nitrogen and oxygen atoms in total. The predicted octanol–water partition coefficient (Wildman–Crippen LogP) is 3.61. The van der Waals surface area contributed by atoms with Crippen molar-refractivity contribution in [1.82, 2.24) is 4.98 Å². The Labute approximate surface area is 142 Å². The average Bonchev–Trinajstić information content (AvgIpc) is 2.99. The van der Waals surface area contributed by atoms with E-state index < -0.39 is 11.4 Å². The number of para-hydroxylation sites is 1. The first-order valence-corrected chi connectivity index (χ1v) is 7.86. The molecular formula is C19H15NO5. The van der Waals surface area contributed by atoms with Crippen LogP contribution in [0.15, 0.2) is 45.7 Å². The fourth-order valence-corrected chi connectivity index (χ4v) is 3.06. The van der Waals surface area contributed by atoms with Crippen LogP contribution in [0.5, 0.6) is 5.75 Å². The number of H-pyrrole nitrogens is 1. The second-order valence-electron chi connectivity index (χ2n) is 5.56. The number of fused-ring (bicyclic) bond motifs is 5. The molecule has 1 N–H and O–H groups in total. The fraction of sp³-hybridized carbons (Fsp3) is 0.158. The summed E-state index contributed by atoms with van der Waals surface area (Å²) in [5, 5.41) is 1.90. The number of rotatable bonds is 3. The molecule has 126 valence electrons. The molecular weight excluding hydrogens is 322 g/mol. The zero-order valence-corrected chi connectivity index (χ0v) is 13.7. The number of pyridine rings is 1. The molecule has 0 atom stereocenters. The van der Waals surface area contributed by atoms with Crippen LogP contribution in [-0.2, 0) is 4.74 Å². The van der Waals surface area contributed by atoms with Crippen molar-refractivity contribution in [3.63, 3.8) is 0 Å². The molecule has 4 rings (SSSR count). The summed E-state index contributed by atoms with van der Waals surface area (Å²) in [7, 11) is 1.53. The molecule has 0 aliphatic heterocycles. The predicted molar refractivity (Wildman–Crippen MR) is 94.4 cm³/mol. The quantitative estimate of drug-likeness (QED) is 0.578. The van der Waals surface area contributed by atoms with Crippen LogP contribution in [0.25, 0.3) is 32.8 Å². The van der Waals surface area contributed by atoms with Crippen molar-refractivity contribution in [2.24, 2.45) is 0 Å². The van der Waals surface area contributed by atoms with Gasteiger partial charge in [-0.25, -0.2) is 4.79 Å². The number of benzene rings is 2. The van der Waals surface area contributed by atoms with Gasteiger partial charge in [0.05, 0.1) is 24.6 Å². The van der Waals surface area contributed by atoms with E-state index in [1.807, 2.05) is 30.3 Å². The number of carbonyl (C=O) groups is 1. The minimum Gasteiger partial charge on any atom is -0.495 e. The Balaban J connectivity index is 2.19. The van der Waals surface area contributed by atoms with Crippen LogP contribution in [0, 0.1) is 0 Å². The van der Waals surface area contributed by atoms with Crippen molar-refractivity contribution in [2.75, 3.05) is 13.7 Å². The first-order valence-electron chi connectivity index (χ1n) is 7.86. The van der Waals surface area contributed by atoms with Gasteiger partial charge >= 0.3 is 5.97 Å². The van der Waals surface area contributed by atoms with E-state index in [1.54, 1.807) is 6.92 Å². The van der Waals surface area contributed by atoms with Crippen molar-refractivity contribution in [2.45, 2.75) is 6.92 Å². The number of aromatic amines is 1. The fourth-order valence-electron chi connectivity index (χ4n) is 3.06. The molecule has 0 bridgehead atoms. The molecule has 4 aromatic rings. The van der Waals surface area contributed by atoms with Crippen LogP contribution in [0.3, 0.4) is 0 Å². The van der Waals surface area contributed by atoms with Crippen molar-refractivity contribution in [3.05, 3.63) is 52.3 Å². The van der Waals surface area contributed by atoms with Crippen LogP contribution in [-0.4, -0.2) is 24.7 Å². The van der Waals surface area contributed by atoms with E-state index in [-0.39, 0.29) is 17.6 Å². The van der Waals surface area contributed by atoms with Gasteiger partial charge in [0, 0.05) is 17.0 Å². The summed E-state index contributed by atoms with van der Waals surface area (Å²) < 4.78 is 16.3. The van der Waals surface area contributed by atoms with Gasteiger partial charge in [0.25, 0.3) is 0 Å². The third-order valence-electron chi connectivity index (χ3n) is 4.18. The highest BCUT2D eigenvalue weighted by Crippen LogP contribution is 2.36. The molecule has 6 heteroatoms. The smallest absolute Gasteiger partial charge is 0.343 e. The number of carbonyl (C=O) groups excluding carboxylic acids is 1. The van der Waals surface area contributed by atoms with Crippen molar-refractivity contribution in [3.8, 4) is 5.75 Å². The standard InChI is InChI=1S/C19H15NO5/c1-3-24-19(22)12-9-20-16-14(23-2)8-11-10-6-4-5-7-13(10)25-18(11)15(16)17(12)21/h4-9H,3H2,1-2H3,(H,20,21). The van der Waals surface area contributed by atoms with Crippen LogP contribution in [0.1, 0.15) is 17.3 Å². The Hall–Kier alpha value is -3.28. The topological polar surface area (TPSA) is 81.5 Å². The highest BCUT2D eigenvalue weighted by Gasteiger charge is 2.21. The highest BCUT2D eigenvalue weighted by molar-refractivity contribution is 6.16. The maximum Gasteiger partial charge on any atom is 0.343 e. The maximum atomic E-state index is 13.0. The zero-order chi connectivity index (χ0) is 17.6. The molecule has 0 radical (unpaired) electrons. The monoisotopic (exact) mass is 337 g/mol. The molecule has 0 amide bonds. The Morgan fingerprint density at radius 2 is 2.04 bits per heavy atom. The van der Waals surface area contributed by atoms with E-state index in [0.717, 1.165) is 10.8 Å². The molecule has 0 aliphatic carbocycles. The largest absolute Gasteiger partial charge is 0.495 e. The van der Waals surface area contributed by atoms with Gasteiger partial charge in [-0.15, -0.1) is 0 Å². The first kappa shape index (κ1) is 15.3. The van der Waals surface area contributed by atoms with Crippen molar-refractivity contribution in [1.29, 1.82) is 0 Å². The van der Waals surface area contributed by atoms with E-state index in [1.165, 1.54) is 13.3 Å². The number of methoxy groups -OCH3 is 1. The first-order chi connectivity index (χ1) is 12.2. The van der Waals surface area contributed by atoms with E-state index in [0.29, 0.717) is 22.4 Å². The van der Waals surface area contributed by atoms with E-state index in [4.69, 9.17) is 13.9 Å². The minimum absolute atomic E-state index is 0.0654. The lowest BCUT2D eigenvalue weighted by Gasteiger charge is -2.08. The Bertz CT molecular complexity index is 1190. The molecule has 2 aromatic heterocycles. The van der Waals surface area contributed by atoms with Gasteiger partial charge in [-0.3, -0.25) is 4.79 Å². The van der Waals surface area contributed by atoms with Gasteiger partial charge in [-0.1, -0.05) is 18.2 Å². The normalized spacial score (nSPS) is 11.3. The molecule has 2 heterocycles. The van der Waals surface area contributed by atoms with Crippen molar-refractivity contribution >= 4 is 38.8 Å². The van der Waals surface area contributed by atoms with Gasteiger partial charge < -0.3 is 18.9 Å². The minimum atomic E-state index is -0.669. The summed E-state index contributed by atoms with van der Waals surface area (Å²) >= 11 is 0. The summed E-state index contributed by atoms with van der Waals surface area (Å²) in [5.41, 5.74) is 1.05. The van der Waals surface area contributed by atoms with Crippen LogP contribution >= 0.6 is 0 Å². The van der Waals surface area contributed by atoms with Gasteiger partial charge in [0.15, 0.2) is 0 Å². The molecule has 25 heavy (non-hydrogen) atoms. The number of furan rings is 1. The third kappa shape index (κ3) is 2.18. The SMILES string of the molecule is CCOC(=O)c1c[nH]c2c(OC)cc3c4ccccc4oc3c2c1=O. The highest BCUT2D eigenvalue weighted by atomic mass is 16.5. The molecule has 0 fully saturated rings. The second-order valence-corrected chi connectivity index (χ2v) is 5.56. The number of hydrogen-bond acceptors (Lipinski definition) is 5. The van der Waals surface area contributed by atoms with Crippen LogP contribution in [0.4, 0.5) is 0 Å². The van der Waals surface area contributed by atoms with Gasteiger partial charge in [0.1, 0.15) is 22.5 Å². The lowest BCUT2D eigenvalue weighted by atomic mass is 10.1. The third-order valence-corrected chi connectivity index (χ3v) is 4.18. The van der Waals surface area contributed by atoms with Gasteiger partial charge in [0.2, 0.25) is 5.43 Å². The maximum absolute atomic E-state index is 13.0. The lowest BCUT2D eigenvalue weighted by Crippen LogP contribution is -2.18. The van der Waals surface area contributed by atoms with Gasteiger partial charge in [-0.2, -0.15) is 0 Å². The Morgan fingerprint density at radius 3 is 2.80 bits per heavy atom. The van der Waals surface area contributed by atoms with Gasteiger partial charge in [-0.05, 0) is 19.1 Å².